The van der Waals surface area contributed by atoms with Crippen molar-refractivity contribution >= 4 is 6.03 Å². The number of urea groups is 1. The van der Waals surface area contributed by atoms with Gasteiger partial charge in [-0.05, 0) is 38.5 Å². The van der Waals surface area contributed by atoms with Crippen LogP contribution in [0.15, 0.2) is 30.6 Å². The van der Waals surface area contributed by atoms with Crippen LogP contribution in [-0.4, -0.2) is 26.8 Å². The number of hydrogen-bond acceptors (Lipinski definition) is 3. The maximum absolute atomic E-state index is 12.9. The lowest BCUT2D eigenvalue weighted by atomic mass is 10.0. The van der Waals surface area contributed by atoms with Gasteiger partial charge in [0.2, 0.25) is 0 Å². The summed E-state index contributed by atoms with van der Waals surface area (Å²) >= 11 is 0. The summed E-state index contributed by atoms with van der Waals surface area (Å²) in [6, 6.07) is 3.30. The molecule has 2 rings (SSSR count). The summed E-state index contributed by atoms with van der Waals surface area (Å²) in [5, 5.41) is 11.6. The number of halogens is 3. The molecule has 24 heavy (non-hydrogen) atoms. The average Bonchev–Trinajstić information content (AvgIpc) is 2.96. The summed E-state index contributed by atoms with van der Waals surface area (Å²) < 4.78 is 38.8. The van der Waals surface area contributed by atoms with Gasteiger partial charge >= 0.3 is 12.2 Å². The molecule has 1 aromatic carbocycles. The molecule has 1 aromatic heterocycles. The van der Waals surface area contributed by atoms with Crippen LogP contribution in [-0.2, 0) is 6.18 Å². The van der Waals surface area contributed by atoms with Crippen LogP contribution < -0.4 is 10.6 Å². The van der Waals surface area contributed by atoms with E-state index < -0.39 is 29.4 Å². The van der Waals surface area contributed by atoms with Crippen molar-refractivity contribution in [3.8, 4) is 0 Å². The predicted octanol–water partition coefficient (Wildman–Crippen LogP) is 3.01. The van der Waals surface area contributed by atoms with Crippen molar-refractivity contribution in [1.29, 1.82) is 0 Å². The lowest BCUT2D eigenvalue weighted by Crippen LogP contribution is -2.47. The molecule has 0 fully saturated rings. The molecule has 0 bridgehead atoms. The number of H-pyrrole nitrogens is 1. The largest absolute Gasteiger partial charge is 0.416 e. The van der Waals surface area contributed by atoms with Gasteiger partial charge in [-0.25, -0.2) is 9.78 Å². The van der Waals surface area contributed by atoms with Crippen LogP contribution >= 0.6 is 0 Å². The SMILES string of the molecule is CC(C)(C)NC(=O)N[C@H](c1cccc(C(F)(F)F)c1)c1ncn[nH]1. The first kappa shape index (κ1) is 17.8. The fourth-order valence-corrected chi connectivity index (χ4v) is 2.07. The highest BCUT2D eigenvalue weighted by Gasteiger charge is 2.32. The standard InChI is InChI=1S/C15H18F3N5O/c1-14(2,3)22-13(24)21-11(12-19-8-20-23-12)9-5-4-6-10(7-9)15(16,17)18/h4-8,11H,1-3H3,(H,19,20,23)(H2,21,22,24)/t11-/m1/s1. The lowest BCUT2D eigenvalue weighted by molar-refractivity contribution is -0.137. The van der Waals surface area contributed by atoms with E-state index in [0.717, 1.165) is 12.1 Å². The number of alkyl halides is 3. The number of carbonyl (C=O) groups is 1. The van der Waals surface area contributed by atoms with Gasteiger partial charge in [0.1, 0.15) is 12.4 Å². The van der Waals surface area contributed by atoms with Gasteiger partial charge in [-0.1, -0.05) is 12.1 Å². The van der Waals surface area contributed by atoms with Crippen molar-refractivity contribution in [1.82, 2.24) is 25.8 Å². The number of aromatic amines is 1. The zero-order valence-corrected chi connectivity index (χ0v) is 13.4. The van der Waals surface area contributed by atoms with E-state index in [0.29, 0.717) is 0 Å². The summed E-state index contributed by atoms with van der Waals surface area (Å²) in [6.45, 7) is 5.38. The maximum atomic E-state index is 12.9. The van der Waals surface area contributed by atoms with Gasteiger partial charge in [0.15, 0.2) is 5.82 Å². The van der Waals surface area contributed by atoms with Crippen LogP contribution in [0.4, 0.5) is 18.0 Å². The molecule has 1 atom stereocenters. The molecular weight excluding hydrogens is 323 g/mol. The van der Waals surface area contributed by atoms with E-state index >= 15 is 0 Å². The van der Waals surface area contributed by atoms with Crippen molar-refractivity contribution in [2.45, 2.75) is 38.5 Å². The molecule has 9 heteroatoms. The Morgan fingerprint density at radius 3 is 2.50 bits per heavy atom. The summed E-state index contributed by atoms with van der Waals surface area (Å²) in [5.74, 6) is 0.235. The third kappa shape index (κ3) is 4.71. The molecule has 130 valence electrons. The summed E-state index contributed by atoms with van der Waals surface area (Å²) in [4.78, 5) is 16.1. The molecule has 0 radical (unpaired) electrons. The molecule has 6 nitrogen and oxygen atoms in total. The van der Waals surface area contributed by atoms with E-state index in [1.807, 2.05) is 0 Å². The quantitative estimate of drug-likeness (QED) is 0.802. The van der Waals surface area contributed by atoms with Crippen LogP contribution in [0.5, 0.6) is 0 Å². The Bertz CT molecular complexity index is 692. The van der Waals surface area contributed by atoms with E-state index in [1.54, 1.807) is 20.8 Å². The van der Waals surface area contributed by atoms with Gasteiger partial charge in [0, 0.05) is 5.54 Å². The third-order valence-corrected chi connectivity index (χ3v) is 3.02. The second-order valence-electron chi connectivity index (χ2n) is 6.28. The fourth-order valence-electron chi connectivity index (χ4n) is 2.07. The third-order valence-electron chi connectivity index (χ3n) is 3.02. The Hall–Kier alpha value is -2.58. The van der Waals surface area contributed by atoms with Gasteiger partial charge in [-0.3, -0.25) is 5.10 Å². The maximum Gasteiger partial charge on any atom is 0.416 e. The summed E-state index contributed by atoms with van der Waals surface area (Å²) in [5.41, 5.74) is -1.06. The normalized spacial score (nSPS) is 13.4. The minimum Gasteiger partial charge on any atom is -0.334 e. The molecule has 0 aliphatic carbocycles. The molecule has 0 spiro atoms. The van der Waals surface area contributed by atoms with E-state index in [2.05, 4.69) is 25.8 Å². The number of aromatic nitrogens is 3. The first-order chi connectivity index (χ1) is 11.1. The fraction of sp³-hybridized carbons (Fsp3) is 0.400. The Morgan fingerprint density at radius 1 is 1.25 bits per heavy atom. The zero-order valence-electron chi connectivity index (χ0n) is 13.4. The van der Waals surface area contributed by atoms with Gasteiger partial charge in [0.05, 0.1) is 5.56 Å². The van der Waals surface area contributed by atoms with Crippen LogP contribution in [0, 0.1) is 0 Å². The molecule has 2 aromatic rings. The van der Waals surface area contributed by atoms with Crippen LogP contribution in [0.3, 0.4) is 0 Å². The second kappa shape index (κ2) is 6.50. The Morgan fingerprint density at radius 2 is 1.96 bits per heavy atom. The van der Waals surface area contributed by atoms with Crippen molar-refractivity contribution < 1.29 is 18.0 Å². The van der Waals surface area contributed by atoms with Crippen LogP contribution in [0.2, 0.25) is 0 Å². The molecule has 0 unspecified atom stereocenters. The number of hydrogen-bond donors (Lipinski definition) is 3. The molecule has 0 aliphatic heterocycles. The Labute approximate surface area is 136 Å². The number of amides is 2. The van der Waals surface area contributed by atoms with E-state index in [1.165, 1.54) is 18.5 Å². The van der Waals surface area contributed by atoms with Crippen LogP contribution in [0.25, 0.3) is 0 Å². The minimum absolute atomic E-state index is 0.235. The molecule has 0 saturated carbocycles. The highest BCUT2D eigenvalue weighted by molar-refractivity contribution is 5.75. The van der Waals surface area contributed by atoms with Gasteiger partial charge in [0.25, 0.3) is 0 Å². The number of benzene rings is 1. The molecule has 3 N–H and O–H groups in total. The molecule has 1 heterocycles. The molecule has 2 amide bonds. The van der Waals surface area contributed by atoms with E-state index in [4.69, 9.17) is 0 Å². The zero-order chi connectivity index (χ0) is 18.0. The Kier molecular flexibility index (Phi) is 4.81. The lowest BCUT2D eigenvalue weighted by Gasteiger charge is -2.24. The molecule has 0 saturated heterocycles. The highest BCUT2D eigenvalue weighted by Crippen LogP contribution is 2.31. The first-order valence-electron chi connectivity index (χ1n) is 7.17. The predicted molar refractivity (Wildman–Crippen MR) is 81.1 cm³/mol. The average molecular weight is 341 g/mol. The number of nitrogens with one attached hydrogen (secondary N) is 3. The van der Waals surface area contributed by atoms with Gasteiger partial charge in [-0.15, -0.1) is 0 Å². The second-order valence-corrected chi connectivity index (χ2v) is 6.28. The van der Waals surface area contributed by atoms with E-state index in [-0.39, 0.29) is 11.4 Å². The number of rotatable bonds is 3. The highest BCUT2D eigenvalue weighted by atomic mass is 19.4. The smallest absolute Gasteiger partial charge is 0.334 e. The van der Waals surface area contributed by atoms with Crippen molar-refractivity contribution in [2.75, 3.05) is 0 Å². The molecule has 0 aliphatic rings. The molecular formula is C15H18F3N5O. The summed E-state index contributed by atoms with van der Waals surface area (Å²) in [6.07, 6.45) is -3.26. The minimum atomic E-state index is -4.48. The van der Waals surface area contributed by atoms with Crippen LogP contribution in [0.1, 0.15) is 43.8 Å². The summed E-state index contributed by atoms with van der Waals surface area (Å²) in [7, 11) is 0. The van der Waals surface area contributed by atoms with Crippen molar-refractivity contribution in [3.05, 3.63) is 47.5 Å². The number of nitrogens with zero attached hydrogens (tertiary/aromatic N) is 2. The van der Waals surface area contributed by atoms with E-state index in [9.17, 15) is 18.0 Å². The Balaban J connectivity index is 2.33. The first-order valence-corrected chi connectivity index (χ1v) is 7.17. The van der Waals surface area contributed by atoms with Crippen molar-refractivity contribution in [2.24, 2.45) is 0 Å². The van der Waals surface area contributed by atoms with Gasteiger partial charge < -0.3 is 10.6 Å². The van der Waals surface area contributed by atoms with Gasteiger partial charge in [-0.2, -0.15) is 18.3 Å². The number of carbonyl (C=O) groups excluding carboxylic acids is 1. The monoisotopic (exact) mass is 341 g/mol. The topological polar surface area (TPSA) is 82.7 Å². The van der Waals surface area contributed by atoms with Crippen molar-refractivity contribution in [3.63, 3.8) is 0 Å².